The predicted octanol–water partition coefficient (Wildman–Crippen LogP) is 2.23. The fourth-order valence-electron chi connectivity index (χ4n) is 1.89. The van der Waals surface area contributed by atoms with Crippen molar-refractivity contribution in [1.82, 2.24) is 5.43 Å². The van der Waals surface area contributed by atoms with Gasteiger partial charge in [0.2, 0.25) is 6.10 Å². The number of ether oxygens (including phenoxy) is 2. The topological polar surface area (TPSA) is 73.1 Å². The summed E-state index contributed by atoms with van der Waals surface area (Å²) in [7, 11) is 0. The molecule has 0 radical (unpaired) electrons. The molecular weight excluding hydrogens is 284 g/mol. The van der Waals surface area contributed by atoms with Crippen LogP contribution >= 0.6 is 0 Å². The Morgan fingerprint density at radius 1 is 1.23 bits per heavy atom. The summed E-state index contributed by atoms with van der Waals surface area (Å²) in [6, 6.07) is 10.8. The first kappa shape index (κ1) is 13.9. The number of carbonyl (C=O) groups is 1. The van der Waals surface area contributed by atoms with E-state index < -0.39 is 6.10 Å². The van der Waals surface area contributed by atoms with Crippen LogP contribution in [0.25, 0.3) is 6.08 Å². The minimum absolute atomic E-state index is 0.153. The molecule has 1 amide bonds. The van der Waals surface area contributed by atoms with Gasteiger partial charge in [0.05, 0.1) is 6.26 Å². The summed E-state index contributed by atoms with van der Waals surface area (Å²) in [5, 5.41) is 3.81. The number of benzene rings is 1. The molecule has 1 atom stereocenters. The van der Waals surface area contributed by atoms with Gasteiger partial charge in [-0.05, 0) is 36.4 Å². The number of hydrazone groups is 1. The van der Waals surface area contributed by atoms with E-state index in [1.54, 1.807) is 36.6 Å². The second kappa shape index (κ2) is 6.62. The second-order valence-corrected chi connectivity index (χ2v) is 4.49. The van der Waals surface area contributed by atoms with Crippen molar-refractivity contribution in [2.45, 2.75) is 6.10 Å². The number of allylic oxidation sites excluding steroid dienone is 1. The van der Waals surface area contributed by atoms with E-state index in [1.165, 1.54) is 6.21 Å². The first-order valence-electron chi connectivity index (χ1n) is 6.74. The standard InChI is InChI=1S/C16H14N2O4/c19-16(18-17-9-3-5-12-6-4-10-20-12)15-11-21-13-7-1-2-8-14(13)22-15/h1-10,15H,11H2,(H,18,19)/b5-3+,17-9-/t15-/m0/s1. The number of nitrogens with zero attached hydrogens (tertiary/aromatic N) is 1. The number of para-hydroxylation sites is 2. The molecule has 1 N–H and O–H groups in total. The van der Waals surface area contributed by atoms with Crippen LogP contribution in [-0.2, 0) is 4.79 Å². The van der Waals surface area contributed by atoms with E-state index >= 15 is 0 Å². The molecular formula is C16H14N2O4. The second-order valence-electron chi connectivity index (χ2n) is 4.49. The highest BCUT2D eigenvalue weighted by atomic mass is 16.6. The Labute approximate surface area is 127 Å². The minimum Gasteiger partial charge on any atom is -0.485 e. The van der Waals surface area contributed by atoms with Gasteiger partial charge in [-0.3, -0.25) is 4.79 Å². The van der Waals surface area contributed by atoms with Crippen LogP contribution in [0, 0.1) is 0 Å². The molecule has 2 heterocycles. The fraction of sp³-hybridized carbons (Fsp3) is 0.125. The summed E-state index contributed by atoms with van der Waals surface area (Å²) in [6.45, 7) is 0.153. The molecule has 3 rings (SSSR count). The number of fused-ring (bicyclic) bond motifs is 1. The normalized spacial score (nSPS) is 17.0. The minimum atomic E-state index is -0.721. The van der Waals surface area contributed by atoms with Gasteiger partial charge in [-0.15, -0.1) is 0 Å². The molecule has 0 spiro atoms. The molecule has 6 nitrogen and oxygen atoms in total. The maximum atomic E-state index is 11.9. The fourth-order valence-corrected chi connectivity index (χ4v) is 1.89. The number of hydrogen-bond donors (Lipinski definition) is 1. The maximum Gasteiger partial charge on any atom is 0.284 e. The highest BCUT2D eigenvalue weighted by Crippen LogP contribution is 2.30. The Bertz CT molecular complexity index is 692. The Morgan fingerprint density at radius 3 is 2.91 bits per heavy atom. The Morgan fingerprint density at radius 2 is 2.09 bits per heavy atom. The van der Waals surface area contributed by atoms with Crippen LogP contribution < -0.4 is 14.9 Å². The van der Waals surface area contributed by atoms with Gasteiger partial charge in [0.25, 0.3) is 5.91 Å². The Hall–Kier alpha value is -3.02. The lowest BCUT2D eigenvalue weighted by molar-refractivity contribution is -0.130. The average molecular weight is 298 g/mol. The molecule has 0 unspecified atom stereocenters. The van der Waals surface area contributed by atoms with Gasteiger partial charge in [-0.25, -0.2) is 5.43 Å². The van der Waals surface area contributed by atoms with Crippen LogP contribution in [0.4, 0.5) is 0 Å². The van der Waals surface area contributed by atoms with Crippen molar-refractivity contribution in [3.63, 3.8) is 0 Å². The lowest BCUT2D eigenvalue weighted by Gasteiger charge is -2.24. The predicted molar refractivity (Wildman–Crippen MR) is 80.7 cm³/mol. The van der Waals surface area contributed by atoms with Gasteiger partial charge in [0.15, 0.2) is 11.5 Å². The van der Waals surface area contributed by atoms with E-state index in [0.29, 0.717) is 17.3 Å². The Kier molecular flexibility index (Phi) is 4.20. The number of carbonyl (C=O) groups excluding carboxylic acids is 1. The SMILES string of the molecule is O=C(N/N=C\C=C\c1ccco1)[C@@H]1COc2ccccc2O1. The van der Waals surface area contributed by atoms with Crippen molar-refractivity contribution < 1.29 is 18.7 Å². The van der Waals surface area contributed by atoms with Crippen LogP contribution in [0.15, 0.2) is 58.3 Å². The molecule has 1 aliphatic rings. The van der Waals surface area contributed by atoms with E-state index in [0.717, 1.165) is 0 Å². The molecule has 112 valence electrons. The van der Waals surface area contributed by atoms with Crippen molar-refractivity contribution in [2.24, 2.45) is 5.10 Å². The number of nitrogens with one attached hydrogen (secondary N) is 1. The van der Waals surface area contributed by atoms with Crippen molar-refractivity contribution in [1.29, 1.82) is 0 Å². The van der Waals surface area contributed by atoms with Gasteiger partial charge in [0, 0.05) is 6.21 Å². The molecule has 0 saturated heterocycles. The third-order valence-electron chi connectivity index (χ3n) is 2.94. The van der Waals surface area contributed by atoms with E-state index in [2.05, 4.69) is 10.5 Å². The molecule has 1 aliphatic heterocycles. The smallest absolute Gasteiger partial charge is 0.284 e. The van der Waals surface area contributed by atoms with E-state index in [9.17, 15) is 4.79 Å². The summed E-state index contributed by atoms with van der Waals surface area (Å²) < 4.78 is 16.2. The molecule has 0 aliphatic carbocycles. The van der Waals surface area contributed by atoms with Crippen molar-refractivity contribution >= 4 is 18.2 Å². The number of rotatable bonds is 4. The van der Waals surface area contributed by atoms with Gasteiger partial charge >= 0.3 is 0 Å². The Balaban J connectivity index is 1.50. The first-order valence-corrected chi connectivity index (χ1v) is 6.74. The quantitative estimate of drug-likeness (QED) is 0.694. The molecule has 22 heavy (non-hydrogen) atoms. The highest BCUT2D eigenvalue weighted by molar-refractivity contribution is 5.84. The molecule has 0 fully saturated rings. The first-order chi connectivity index (χ1) is 10.8. The number of amides is 1. The summed E-state index contributed by atoms with van der Waals surface area (Å²) in [4.78, 5) is 11.9. The third-order valence-corrected chi connectivity index (χ3v) is 2.94. The zero-order chi connectivity index (χ0) is 15.2. The summed E-state index contributed by atoms with van der Waals surface area (Å²) >= 11 is 0. The van der Waals surface area contributed by atoms with E-state index in [1.807, 2.05) is 18.2 Å². The van der Waals surface area contributed by atoms with E-state index in [-0.39, 0.29) is 12.5 Å². The zero-order valence-corrected chi connectivity index (χ0v) is 11.6. The third kappa shape index (κ3) is 3.35. The zero-order valence-electron chi connectivity index (χ0n) is 11.6. The van der Waals surface area contributed by atoms with Crippen molar-refractivity contribution in [3.8, 4) is 11.5 Å². The van der Waals surface area contributed by atoms with Crippen LogP contribution in [0.2, 0.25) is 0 Å². The van der Waals surface area contributed by atoms with E-state index in [4.69, 9.17) is 13.9 Å². The maximum absolute atomic E-state index is 11.9. The average Bonchev–Trinajstić information content (AvgIpc) is 3.07. The monoisotopic (exact) mass is 298 g/mol. The summed E-state index contributed by atoms with van der Waals surface area (Å²) in [5.41, 5.74) is 2.41. The molecule has 1 aromatic carbocycles. The largest absolute Gasteiger partial charge is 0.485 e. The highest BCUT2D eigenvalue weighted by Gasteiger charge is 2.26. The molecule has 1 aromatic heterocycles. The van der Waals surface area contributed by atoms with Crippen LogP contribution in [-0.4, -0.2) is 24.8 Å². The summed E-state index contributed by atoms with van der Waals surface area (Å²) in [5.74, 6) is 1.53. The van der Waals surface area contributed by atoms with Gasteiger partial charge in [0.1, 0.15) is 12.4 Å². The van der Waals surface area contributed by atoms with Crippen LogP contribution in [0.3, 0.4) is 0 Å². The lowest BCUT2D eigenvalue weighted by Crippen LogP contribution is -2.42. The van der Waals surface area contributed by atoms with Crippen LogP contribution in [0.1, 0.15) is 5.76 Å². The summed E-state index contributed by atoms with van der Waals surface area (Å²) in [6.07, 6.45) is 5.70. The van der Waals surface area contributed by atoms with Crippen molar-refractivity contribution in [2.75, 3.05) is 6.61 Å². The van der Waals surface area contributed by atoms with Gasteiger partial charge in [-0.1, -0.05) is 12.1 Å². The lowest BCUT2D eigenvalue weighted by atomic mass is 10.2. The van der Waals surface area contributed by atoms with Gasteiger partial charge in [-0.2, -0.15) is 5.10 Å². The number of furan rings is 1. The van der Waals surface area contributed by atoms with Gasteiger partial charge < -0.3 is 13.9 Å². The number of hydrogen-bond acceptors (Lipinski definition) is 5. The molecule has 2 aromatic rings. The molecule has 0 saturated carbocycles. The molecule has 0 bridgehead atoms. The van der Waals surface area contributed by atoms with Crippen LogP contribution in [0.5, 0.6) is 11.5 Å². The van der Waals surface area contributed by atoms with Crippen molar-refractivity contribution in [3.05, 3.63) is 54.5 Å². The molecule has 6 heteroatoms.